The lowest BCUT2D eigenvalue weighted by molar-refractivity contribution is -0.117. The van der Waals surface area contributed by atoms with Crippen molar-refractivity contribution in [2.45, 2.75) is 45.3 Å². The van der Waals surface area contributed by atoms with E-state index in [4.69, 9.17) is 15.0 Å². The highest BCUT2D eigenvalue weighted by molar-refractivity contribution is 5.90. The van der Waals surface area contributed by atoms with Crippen molar-refractivity contribution in [1.82, 2.24) is 10.1 Å². The first-order chi connectivity index (χ1) is 11.6. The SMILES string of the molecule is Cc1noc(COc2ccc(NC(=O)C[C@@H]3CCC[C@H]3N)cc2)n1.Cl. The van der Waals surface area contributed by atoms with Gasteiger partial charge in [-0.1, -0.05) is 11.6 Å². The predicted molar refractivity (Wildman–Crippen MR) is 95.6 cm³/mol. The number of nitrogens with zero attached hydrogens (tertiary/aromatic N) is 2. The Hall–Kier alpha value is -2.12. The van der Waals surface area contributed by atoms with Gasteiger partial charge in [0.2, 0.25) is 5.91 Å². The summed E-state index contributed by atoms with van der Waals surface area (Å²) in [4.78, 5) is 16.2. The van der Waals surface area contributed by atoms with E-state index in [2.05, 4.69) is 15.5 Å². The molecule has 1 aliphatic carbocycles. The number of aryl methyl sites for hydroxylation is 1. The summed E-state index contributed by atoms with van der Waals surface area (Å²) in [5.74, 6) is 1.98. The summed E-state index contributed by atoms with van der Waals surface area (Å²) in [6.07, 6.45) is 3.65. The zero-order chi connectivity index (χ0) is 16.9. The molecule has 2 aromatic rings. The lowest BCUT2D eigenvalue weighted by Crippen LogP contribution is -2.28. The fraction of sp³-hybridized carbons (Fsp3) is 0.471. The highest BCUT2D eigenvalue weighted by atomic mass is 35.5. The first-order valence-electron chi connectivity index (χ1n) is 8.17. The molecule has 0 radical (unpaired) electrons. The van der Waals surface area contributed by atoms with E-state index in [0.717, 1.165) is 24.9 Å². The zero-order valence-electron chi connectivity index (χ0n) is 14.1. The van der Waals surface area contributed by atoms with Crippen LogP contribution in [0.3, 0.4) is 0 Å². The van der Waals surface area contributed by atoms with Crippen LogP contribution in [0.25, 0.3) is 0 Å². The Labute approximate surface area is 152 Å². The number of hydrogen-bond donors (Lipinski definition) is 2. The average molecular weight is 367 g/mol. The van der Waals surface area contributed by atoms with Gasteiger partial charge >= 0.3 is 0 Å². The molecule has 0 spiro atoms. The molecule has 1 amide bonds. The lowest BCUT2D eigenvalue weighted by Gasteiger charge is -2.14. The summed E-state index contributed by atoms with van der Waals surface area (Å²) in [6, 6.07) is 7.35. The van der Waals surface area contributed by atoms with Crippen molar-refractivity contribution in [3.8, 4) is 5.75 Å². The van der Waals surface area contributed by atoms with Gasteiger partial charge in [0, 0.05) is 18.2 Å². The molecule has 1 heterocycles. The third kappa shape index (κ3) is 5.44. The van der Waals surface area contributed by atoms with Gasteiger partial charge in [0.15, 0.2) is 12.4 Å². The molecular formula is C17H23ClN4O3. The minimum absolute atomic E-state index is 0. The Morgan fingerprint density at radius 1 is 1.36 bits per heavy atom. The third-order valence-corrected chi connectivity index (χ3v) is 4.24. The van der Waals surface area contributed by atoms with Crippen LogP contribution in [0.4, 0.5) is 5.69 Å². The molecule has 3 N–H and O–H groups in total. The summed E-state index contributed by atoms with van der Waals surface area (Å²) in [6.45, 7) is 1.97. The molecule has 1 aromatic heterocycles. The van der Waals surface area contributed by atoms with Gasteiger partial charge in [0.25, 0.3) is 5.89 Å². The minimum atomic E-state index is 0. The molecule has 1 fully saturated rings. The molecule has 25 heavy (non-hydrogen) atoms. The van der Waals surface area contributed by atoms with E-state index in [1.54, 1.807) is 31.2 Å². The monoisotopic (exact) mass is 366 g/mol. The van der Waals surface area contributed by atoms with Crippen LogP contribution in [-0.2, 0) is 11.4 Å². The summed E-state index contributed by atoms with van der Waals surface area (Å²) in [5, 5.41) is 6.60. The van der Waals surface area contributed by atoms with Crippen LogP contribution in [0.2, 0.25) is 0 Å². The Morgan fingerprint density at radius 2 is 2.12 bits per heavy atom. The number of nitrogens with one attached hydrogen (secondary N) is 1. The molecule has 3 rings (SSSR count). The first kappa shape index (κ1) is 19.2. The number of carbonyl (C=O) groups excluding carboxylic acids is 1. The van der Waals surface area contributed by atoms with Gasteiger partial charge in [0.05, 0.1) is 0 Å². The number of ether oxygens (including phenoxy) is 1. The predicted octanol–water partition coefficient (Wildman–Crippen LogP) is 2.83. The molecule has 1 saturated carbocycles. The van der Waals surface area contributed by atoms with Gasteiger partial charge in [-0.2, -0.15) is 4.98 Å². The van der Waals surface area contributed by atoms with Crippen LogP contribution < -0.4 is 15.8 Å². The van der Waals surface area contributed by atoms with Gasteiger partial charge in [-0.15, -0.1) is 12.4 Å². The van der Waals surface area contributed by atoms with Crippen molar-refractivity contribution in [3.63, 3.8) is 0 Å². The summed E-state index contributed by atoms with van der Waals surface area (Å²) < 4.78 is 10.5. The van der Waals surface area contributed by atoms with Crippen LogP contribution in [-0.4, -0.2) is 22.1 Å². The van der Waals surface area contributed by atoms with Gasteiger partial charge < -0.3 is 20.3 Å². The fourth-order valence-electron chi connectivity index (χ4n) is 2.95. The van der Waals surface area contributed by atoms with E-state index in [9.17, 15) is 4.79 Å². The maximum atomic E-state index is 12.1. The maximum absolute atomic E-state index is 12.1. The van der Waals surface area contributed by atoms with Crippen LogP contribution >= 0.6 is 12.4 Å². The number of nitrogens with two attached hydrogens (primary N) is 1. The second-order valence-corrected chi connectivity index (χ2v) is 6.16. The van der Waals surface area contributed by atoms with Gasteiger partial charge in [-0.25, -0.2) is 0 Å². The maximum Gasteiger partial charge on any atom is 0.264 e. The number of anilines is 1. The molecule has 1 aromatic carbocycles. The number of benzene rings is 1. The van der Waals surface area contributed by atoms with E-state index in [-0.39, 0.29) is 31.0 Å². The Kier molecular flexibility index (Phi) is 6.78. The van der Waals surface area contributed by atoms with Crippen LogP contribution in [0.15, 0.2) is 28.8 Å². The molecule has 0 saturated heterocycles. The lowest BCUT2D eigenvalue weighted by atomic mass is 10.00. The second-order valence-electron chi connectivity index (χ2n) is 6.16. The third-order valence-electron chi connectivity index (χ3n) is 4.24. The number of aromatic nitrogens is 2. The molecule has 136 valence electrons. The standard InChI is InChI=1S/C17H22N4O3.ClH/c1-11-19-17(24-21-11)10-23-14-7-5-13(6-8-14)20-16(22)9-12-3-2-4-15(12)18;/h5-8,12,15H,2-4,9-10,18H2,1H3,(H,20,22);1H/t12-,15+;/m0./s1. The Morgan fingerprint density at radius 3 is 2.72 bits per heavy atom. The smallest absolute Gasteiger partial charge is 0.264 e. The number of hydrogen-bond acceptors (Lipinski definition) is 6. The minimum Gasteiger partial charge on any atom is -0.484 e. The van der Waals surface area contributed by atoms with Crippen LogP contribution in [0, 0.1) is 12.8 Å². The summed E-state index contributed by atoms with van der Waals surface area (Å²) in [7, 11) is 0. The molecule has 0 unspecified atom stereocenters. The molecule has 2 atom stereocenters. The van der Waals surface area contributed by atoms with E-state index < -0.39 is 0 Å². The van der Waals surface area contributed by atoms with E-state index in [1.165, 1.54) is 0 Å². The van der Waals surface area contributed by atoms with Crippen molar-refractivity contribution in [3.05, 3.63) is 36.0 Å². The van der Waals surface area contributed by atoms with Crippen LogP contribution in [0.5, 0.6) is 5.75 Å². The van der Waals surface area contributed by atoms with E-state index in [0.29, 0.717) is 29.8 Å². The van der Waals surface area contributed by atoms with Crippen molar-refractivity contribution in [1.29, 1.82) is 0 Å². The fourth-order valence-corrected chi connectivity index (χ4v) is 2.95. The highest BCUT2D eigenvalue weighted by Gasteiger charge is 2.25. The van der Waals surface area contributed by atoms with E-state index in [1.807, 2.05) is 0 Å². The normalized spacial score (nSPS) is 19.3. The Bertz CT molecular complexity index is 689. The van der Waals surface area contributed by atoms with Gasteiger partial charge in [-0.05, 0) is 49.9 Å². The zero-order valence-corrected chi connectivity index (χ0v) is 14.9. The largest absolute Gasteiger partial charge is 0.484 e. The number of carbonyl (C=O) groups is 1. The van der Waals surface area contributed by atoms with E-state index >= 15 is 0 Å². The first-order valence-corrected chi connectivity index (χ1v) is 8.17. The van der Waals surface area contributed by atoms with Crippen molar-refractivity contribution in [2.24, 2.45) is 11.7 Å². The highest BCUT2D eigenvalue weighted by Crippen LogP contribution is 2.27. The van der Waals surface area contributed by atoms with Gasteiger partial charge in [-0.3, -0.25) is 4.79 Å². The number of amides is 1. The quantitative estimate of drug-likeness (QED) is 0.814. The molecule has 1 aliphatic rings. The van der Waals surface area contributed by atoms with Crippen molar-refractivity contribution < 1.29 is 14.1 Å². The molecule has 8 heteroatoms. The summed E-state index contributed by atoms with van der Waals surface area (Å²) in [5.41, 5.74) is 6.75. The van der Waals surface area contributed by atoms with Gasteiger partial charge in [0.1, 0.15) is 5.75 Å². The average Bonchev–Trinajstić information content (AvgIpc) is 3.15. The number of rotatable bonds is 6. The van der Waals surface area contributed by atoms with Crippen molar-refractivity contribution >= 4 is 24.0 Å². The van der Waals surface area contributed by atoms with Crippen LogP contribution in [0.1, 0.15) is 37.4 Å². The second kappa shape index (κ2) is 8.82. The molecule has 0 aliphatic heterocycles. The molecule has 0 bridgehead atoms. The van der Waals surface area contributed by atoms with Crippen molar-refractivity contribution in [2.75, 3.05) is 5.32 Å². The summed E-state index contributed by atoms with van der Waals surface area (Å²) >= 11 is 0. The Balaban J connectivity index is 0.00000225. The molecule has 7 nitrogen and oxygen atoms in total. The number of halogens is 1. The molecular weight excluding hydrogens is 344 g/mol. The topological polar surface area (TPSA) is 103 Å².